The van der Waals surface area contributed by atoms with Crippen molar-refractivity contribution in [2.45, 2.75) is 13.3 Å². The van der Waals surface area contributed by atoms with Gasteiger partial charge in [0, 0.05) is 32.0 Å². The minimum absolute atomic E-state index is 0.625. The molecular formula is C12H17N5. The highest BCUT2D eigenvalue weighted by atomic mass is 15.2. The van der Waals surface area contributed by atoms with Gasteiger partial charge in [-0.2, -0.15) is 0 Å². The van der Waals surface area contributed by atoms with Crippen molar-refractivity contribution in [2.75, 3.05) is 24.5 Å². The predicted octanol–water partition coefficient (Wildman–Crippen LogP) is 1.20. The quantitative estimate of drug-likeness (QED) is 0.837. The third kappa shape index (κ3) is 2.68. The molecule has 0 unspecified atom stereocenters. The van der Waals surface area contributed by atoms with Crippen molar-refractivity contribution in [1.82, 2.24) is 15.0 Å². The zero-order valence-electron chi connectivity index (χ0n) is 10.0. The maximum atomic E-state index is 5.61. The average Bonchev–Trinajstić information content (AvgIpc) is 2.38. The molecule has 2 N–H and O–H groups in total. The molecule has 2 heterocycles. The SMILES string of the molecule is CCCN(CCN)c1ccc2nccnc2n1. The van der Waals surface area contributed by atoms with E-state index in [9.17, 15) is 0 Å². The lowest BCUT2D eigenvalue weighted by atomic mass is 10.3. The third-order valence-corrected chi connectivity index (χ3v) is 2.53. The first-order chi connectivity index (χ1) is 8.35. The van der Waals surface area contributed by atoms with Crippen molar-refractivity contribution in [1.29, 1.82) is 0 Å². The van der Waals surface area contributed by atoms with E-state index in [0.717, 1.165) is 30.8 Å². The van der Waals surface area contributed by atoms with E-state index >= 15 is 0 Å². The molecule has 2 aromatic rings. The number of nitrogens with zero attached hydrogens (tertiary/aromatic N) is 4. The number of hydrogen-bond donors (Lipinski definition) is 1. The molecule has 0 bridgehead atoms. The molecule has 0 spiro atoms. The molecule has 0 atom stereocenters. The first kappa shape index (κ1) is 11.7. The van der Waals surface area contributed by atoms with Crippen LogP contribution in [0.1, 0.15) is 13.3 Å². The molecule has 5 nitrogen and oxygen atoms in total. The highest BCUT2D eigenvalue weighted by Gasteiger charge is 2.07. The molecule has 0 radical (unpaired) electrons. The van der Waals surface area contributed by atoms with Gasteiger partial charge in [0.2, 0.25) is 0 Å². The van der Waals surface area contributed by atoms with Crippen LogP contribution in [0.15, 0.2) is 24.5 Å². The van der Waals surface area contributed by atoms with Gasteiger partial charge in [0.15, 0.2) is 5.65 Å². The fourth-order valence-corrected chi connectivity index (χ4v) is 1.79. The van der Waals surface area contributed by atoms with E-state index in [0.29, 0.717) is 12.2 Å². The van der Waals surface area contributed by atoms with Crippen LogP contribution in [0, 0.1) is 0 Å². The normalized spacial score (nSPS) is 10.7. The van der Waals surface area contributed by atoms with Crippen LogP contribution in [-0.4, -0.2) is 34.6 Å². The summed E-state index contributed by atoms with van der Waals surface area (Å²) in [6.45, 7) is 4.53. The number of hydrogen-bond acceptors (Lipinski definition) is 5. The van der Waals surface area contributed by atoms with Gasteiger partial charge in [-0.15, -0.1) is 0 Å². The van der Waals surface area contributed by atoms with Crippen LogP contribution in [0.3, 0.4) is 0 Å². The summed E-state index contributed by atoms with van der Waals surface area (Å²) in [5.74, 6) is 0.922. The highest BCUT2D eigenvalue weighted by Crippen LogP contribution is 2.14. The average molecular weight is 231 g/mol. The number of aromatic nitrogens is 3. The Morgan fingerprint density at radius 3 is 2.76 bits per heavy atom. The number of anilines is 1. The minimum Gasteiger partial charge on any atom is -0.355 e. The Kier molecular flexibility index (Phi) is 3.82. The number of rotatable bonds is 5. The number of nitrogens with two attached hydrogens (primary N) is 1. The van der Waals surface area contributed by atoms with E-state index in [1.165, 1.54) is 0 Å². The van der Waals surface area contributed by atoms with Crippen molar-refractivity contribution >= 4 is 17.0 Å². The fourth-order valence-electron chi connectivity index (χ4n) is 1.79. The van der Waals surface area contributed by atoms with E-state index in [4.69, 9.17) is 5.73 Å². The lowest BCUT2D eigenvalue weighted by Gasteiger charge is -2.22. The van der Waals surface area contributed by atoms with Crippen molar-refractivity contribution in [2.24, 2.45) is 5.73 Å². The fraction of sp³-hybridized carbons (Fsp3) is 0.417. The van der Waals surface area contributed by atoms with Gasteiger partial charge < -0.3 is 10.6 Å². The van der Waals surface area contributed by atoms with E-state index in [1.807, 2.05) is 12.1 Å². The van der Waals surface area contributed by atoms with Crippen molar-refractivity contribution < 1.29 is 0 Å². The standard InChI is InChI=1S/C12H17N5/c1-2-8-17(9-5-13)11-4-3-10-12(16-11)15-7-6-14-10/h3-4,6-7H,2,5,8-9,13H2,1H3. The van der Waals surface area contributed by atoms with Gasteiger partial charge in [0.05, 0.1) is 0 Å². The Morgan fingerprint density at radius 1 is 1.18 bits per heavy atom. The number of fused-ring (bicyclic) bond motifs is 1. The topological polar surface area (TPSA) is 67.9 Å². The molecule has 5 heteroatoms. The Morgan fingerprint density at radius 2 is 2.00 bits per heavy atom. The molecule has 0 fully saturated rings. The second-order valence-electron chi connectivity index (χ2n) is 3.84. The lowest BCUT2D eigenvalue weighted by Crippen LogP contribution is -2.30. The summed E-state index contributed by atoms with van der Waals surface area (Å²) in [6, 6.07) is 3.92. The molecule has 0 saturated heterocycles. The van der Waals surface area contributed by atoms with Gasteiger partial charge in [-0.05, 0) is 18.6 Å². The molecule has 90 valence electrons. The molecule has 2 rings (SSSR count). The second-order valence-corrected chi connectivity index (χ2v) is 3.84. The summed E-state index contributed by atoms with van der Waals surface area (Å²) >= 11 is 0. The van der Waals surface area contributed by atoms with Crippen LogP contribution < -0.4 is 10.6 Å². The largest absolute Gasteiger partial charge is 0.355 e. The third-order valence-electron chi connectivity index (χ3n) is 2.53. The van der Waals surface area contributed by atoms with Gasteiger partial charge in [-0.3, -0.25) is 4.98 Å². The maximum Gasteiger partial charge on any atom is 0.180 e. The monoisotopic (exact) mass is 231 g/mol. The van der Waals surface area contributed by atoms with E-state index in [2.05, 4.69) is 26.8 Å². The smallest absolute Gasteiger partial charge is 0.180 e. The molecule has 2 aromatic heterocycles. The van der Waals surface area contributed by atoms with Crippen molar-refractivity contribution in [3.63, 3.8) is 0 Å². The Bertz CT molecular complexity index is 479. The van der Waals surface area contributed by atoms with Gasteiger partial charge in [-0.1, -0.05) is 6.92 Å². The van der Waals surface area contributed by atoms with Crippen LogP contribution in [-0.2, 0) is 0 Å². The summed E-state index contributed by atoms with van der Waals surface area (Å²) in [7, 11) is 0. The molecule has 0 amide bonds. The molecule has 0 aliphatic heterocycles. The molecule has 17 heavy (non-hydrogen) atoms. The molecule has 0 aromatic carbocycles. The Balaban J connectivity index is 2.32. The lowest BCUT2D eigenvalue weighted by molar-refractivity contribution is 0.752. The summed E-state index contributed by atoms with van der Waals surface area (Å²) in [5.41, 5.74) is 7.12. The van der Waals surface area contributed by atoms with Crippen LogP contribution in [0.2, 0.25) is 0 Å². The zero-order chi connectivity index (χ0) is 12.1. The Hall–Kier alpha value is -1.75. The van der Waals surface area contributed by atoms with Crippen LogP contribution in [0.5, 0.6) is 0 Å². The summed E-state index contributed by atoms with van der Waals surface area (Å²) in [5, 5.41) is 0. The predicted molar refractivity (Wildman–Crippen MR) is 68.9 cm³/mol. The zero-order valence-corrected chi connectivity index (χ0v) is 10.0. The van der Waals surface area contributed by atoms with Gasteiger partial charge in [0.25, 0.3) is 0 Å². The van der Waals surface area contributed by atoms with Gasteiger partial charge in [0.1, 0.15) is 11.3 Å². The van der Waals surface area contributed by atoms with Crippen molar-refractivity contribution in [3.8, 4) is 0 Å². The minimum atomic E-state index is 0.625. The van der Waals surface area contributed by atoms with Crippen molar-refractivity contribution in [3.05, 3.63) is 24.5 Å². The van der Waals surface area contributed by atoms with E-state index in [1.54, 1.807) is 12.4 Å². The molecule has 0 aliphatic carbocycles. The van der Waals surface area contributed by atoms with Crippen LogP contribution >= 0.6 is 0 Å². The summed E-state index contributed by atoms with van der Waals surface area (Å²) < 4.78 is 0. The van der Waals surface area contributed by atoms with Gasteiger partial charge in [-0.25, -0.2) is 9.97 Å². The van der Waals surface area contributed by atoms with Gasteiger partial charge >= 0.3 is 0 Å². The molecular weight excluding hydrogens is 214 g/mol. The highest BCUT2D eigenvalue weighted by molar-refractivity contribution is 5.71. The summed E-state index contributed by atoms with van der Waals surface area (Å²) in [6.07, 6.45) is 4.40. The molecule has 0 aliphatic rings. The molecule has 0 saturated carbocycles. The first-order valence-corrected chi connectivity index (χ1v) is 5.88. The van der Waals surface area contributed by atoms with Crippen LogP contribution in [0.25, 0.3) is 11.2 Å². The summed E-state index contributed by atoms with van der Waals surface area (Å²) in [4.78, 5) is 15.1. The van der Waals surface area contributed by atoms with E-state index < -0.39 is 0 Å². The maximum absolute atomic E-state index is 5.61. The Labute approximate surface area is 101 Å². The second kappa shape index (κ2) is 5.54. The van der Waals surface area contributed by atoms with Crippen LogP contribution in [0.4, 0.5) is 5.82 Å². The van der Waals surface area contributed by atoms with E-state index in [-0.39, 0.29) is 0 Å². The number of pyridine rings is 1. The first-order valence-electron chi connectivity index (χ1n) is 5.88.